The molecule has 0 aliphatic heterocycles. The Labute approximate surface area is 206 Å². The highest BCUT2D eigenvalue weighted by atomic mass is 35.5. The van der Waals surface area contributed by atoms with Crippen LogP contribution in [0.15, 0.2) is 34.9 Å². The molecule has 1 saturated carbocycles. The summed E-state index contributed by atoms with van der Waals surface area (Å²) >= 11 is 5.95. The second kappa shape index (κ2) is 9.10. The average molecular weight is 494 g/mol. The van der Waals surface area contributed by atoms with Gasteiger partial charge in [0, 0.05) is 34.4 Å². The lowest BCUT2D eigenvalue weighted by molar-refractivity contribution is -0.132. The summed E-state index contributed by atoms with van der Waals surface area (Å²) in [5.74, 6) is 0.215. The highest BCUT2D eigenvalue weighted by Crippen LogP contribution is 2.30. The van der Waals surface area contributed by atoms with Crippen molar-refractivity contribution in [3.8, 4) is 11.5 Å². The normalized spacial score (nSPS) is 13.3. The number of aromatic nitrogens is 5. The molecule has 11 heteroatoms. The quantitative estimate of drug-likeness (QED) is 0.398. The van der Waals surface area contributed by atoms with E-state index in [-0.39, 0.29) is 24.1 Å². The molecule has 1 aromatic carbocycles. The molecule has 0 radical (unpaired) electrons. The van der Waals surface area contributed by atoms with Crippen LogP contribution in [0.3, 0.4) is 0 Å². The molecule has 0 bridgehead atoms. The van der Waals surface area contributed by atoms with Crippen LogP contribution in [0.1, 0.15) is 52.5 Å². The van der Waals surface area contributed by atoms with Crippen molar-refractivity contribution in [2.75, 3.05) is 0 Å². The van der Waals surface area contributed by atoms with E-state index in [0.29, 0.717) is 35.3 Å². The Hall–Kier alpha value is -3.79. The van der Waals surface area contributed by atoms with Gasteiger partial charge in [0.05, 0.1) is 12.7 Å². The first-order valence-corrected chi connectivity index (χ1v) is 11.7. The van der Waals surface area contributed by atoms with Crippen LogP contribution in [-0.4, -0.2) is 47.6 Å². The van der Waals surface area contributed by atoms with E-state index in [1.165, 1.54) is 6.20 Å². The molecule has 4 aromatic rings. The third-order valence-corrected chi connectivity index (χ3v) is 6.49. The second-order valence-corrected chi connectivity index (χ2v) is 9.12. The third kappa shape index (κ3) is 4.61. The van der Waals surface area contributed by atoms with Gasteiger partial charge in [0.25, 0.3) is 5.91 Å². The standard InChI is InChI=1S/C24H24ClN7O3/c1-13-18(14(2)32-23(28-13)19(11-27-32)22(26)34)9-10-21(33)31(17-7-8-17)12-20-29-30-24(35-20)15-3-5-16(25)6-4-15/h3-6,11,17H,7-10,12H2,1-2H3,(H2,26,34). The maximum Gasteiger partial charge on any atom is 0.254 e. The van der Waals surface area contributed by atoms with Crippen LogP contribution < -0.4 is 5.73 Å². The minimum absolute atomic E-state index is 0.0101. The highest BCUT2D eigenvalue weighted by molar-refractivity contribution is 6.30. The number of primary amides is 1. The summed E-state index contributed by atoms with van der Waals surface area (Å²) in [4.78, 5) is 31.2. The number of hydrogen-bond donors (Lipinski definition) is 1. The maximum absolute atomic E-state index is 13.2. The van der Waals surface area contributed by atoms with E-state index in [2.05, 4.69) is 20.3 Å². The Morgan fingerprint density at radius 3 is 2.63 bits per heavy atom. The Morgan fingerprint density at radius 2 is 1.94 bits per heavy atom. The fourth-order valence-electron chi connectivity index (χ4n) is 4.20. The van der Waals surface area contributed by atoms with E-state index >= 15 is 0 Å². The number of hydrogen-bond acceptors (Lipinski definition) is 7. The lowest BCUT2D eigenvalue weighted by Crippen LogP contribution is -2.33. The summed E-state index contributed by atoms with van der Waals surface area (Å²) in [6.45, 7) is 4.02. The van der Waals surface area contributed by atoms with Gasteiger partial charge in [0.2, 0.25) is 17.7 Å². The van der Waals surface area contributed by atoms with Crippen LogP contribution in [-0.2, 0) is 17.8 Å². The molecule has 0 saturated heterocycles. The van der Waals surface area contributed by atoms with Crippen molar-refractivity contribution in [2.24, 2.45) is 5.73 Å². The molecule has 1 aliphatic rings. The van der Waals surface area contributed by atoms with Crippen LogP contribution in [0.4, 0.5) is 0 Å². The number of amides is 2. The van der Waals surface area contributed by atoms with Crippen LogP contribution in [0.5, 0.6) is 0 Å². The maximum atomic E-state index is 13.2. The molecule has 0 atom stereocenters. The molecule has 10 nitrogen and oxygen atoms in total. The van der Waals surface area contributed by atoms with Gasteiger partial charge in [-0.3, -0.25) is 9.59 Å². The molecule has 3 aromatic heterocycles. The SMILES string of the molecule is Cc1nc2c(C(N)=O)cnn2c(C)c1CCC(=O)N(Cc1nnc(-c2ccc(Cl)cc2)o1)C1CC1. The first kappa shape index (κ1) is 23.0. The lowest BCUT2D eigenvalue weighted by Gasteiger charge is -2.21. The number of nitrogens with zero attached hydrogens (tertiary/aromatic N) is 6. The Kier molecular flexibility index (Phi) is 5.98. The van der Waals surface area contributed by atoms with Crippen molar-refractivity contribution < 1.29 is 14.0 Å². The summed E-state index contributed by atoms with van der Waals surface area (Å²) in [7, 11) is 0. The summed E-state index contributed by atoms with van der Waals surface area (Å²) in [6, 6.07) is 7.32. The van der Waals surface area contributed by atoms with E-state index in [9.17, 15) is 9.59 Å². The largest absolute Gasteiger partial charge is 0.419 e. The van der Waals surface area contributed by atoms with Gasteiger partial charge in [-0.25, -0.2) is 9.50 Å². The summed E-state index contributed by atoms with van der Waals surface area (Å²) in [6.07, 6.45) is 4.13. The molecule has 35 heavy (non-hydrogen) atoms. The molecule has 5 rings (SSSR count). The first-order valence-electron chi connectivity index (χ1n) is 11.3. The zero-order valence-corrected chi connectivity index (χ0v) is 20.1. The molecule has 0 unspecified atom stereocenters. The number of fused-ring (bicyclic) bond motifs is 1. The summed E-state index contributed by atoms with van der Waals surface area (Å²) < 4.78 is 7.42. The van der Waals surface area contributed by atoms with Gasteiger partial charge in [-0.2, -0.15) is 5.10 Å². The van der Waals surface area contributed by atoms with E-state index in [4.69, 9.17) is 21.8 Å². The summed E-state index contributed by atoms with van der Waals surface area (Å²) in [5.41, 5.74) is 9.39. The van der Waals surface area contributed by atoms with Gasteiger partial charge in [-0.05, 0) is 62.9 Å². The third-order valence-electron chi connectivity index (χ3n) is 6.23. The van der Waals surface area contributed by atoms with Crippen LogP contribution in [0.2, 0.25) is 5.02 Å². The number of nitrogens with two attached hydrogens (primary N) is 1. The Morgan fingerprint density at radius 1 is 1.20 bits per heavy atom. The molecule has 1 aliphatic carbocycles. The van der Waals surface area contributed by atoms with Gasteiger partial charge >= 0.3 is 0 Å². The van der Waals surface area contributed by atoms with E-state index in [1.807, 2.05) is 30.9 Å². The summed E-state index contributed by atoms with van der Waals surface area (Å²) in [5, 5.41) is 13.1. The zero-order valence-electron chi connectivity index (χ0n) is 19.4. The van der Waals surface area contributed by atoms with E-state index < -0.39 is 5.91 Å². The van der Waals surface area contributed by atoms with Gasteiger partial charge in [-0.15, -0.1) is 10.2 Å². The Balaban J connectivity index is 1.30. The first-order chi connectivity index (χ1) is 16.8. The van der Waals surface area contributed by atoms with Crippen molar-refractivity contribution in [1.29, 1.82) is 0 Å². The van der Waals surface area contributed by atoms with Gasteiger partial charge in [0.15, 0.2) is 5.65 Å². The minimum atomic E-state index is -0.574. The fraction of sp³-hybridized carbons (Fsp3) is 0.333. The van der Waals surface area contributed by atoms with Gasteiger partial charge in [0.1, 0.15) is 5.56 Å². The lowest BCUT2D eigenvalue weighted by atomic mass is 10.1. The van der Waals surface area contributed by atoms with Crippen molar-refractivity contribution in [3.05, 3.63) is 63.9 Å². The number of benzene rings is 1. The molecular formula is C24H24ClN7O3. The number of aryl methyl sites for hydroxylation is 2. The number of halogens is 1. The van der Waals surface area contributed by atoms with Crippen LogP contribution in [0, 0.1) is 13.8 Å². The van der Waals surface area contributed by atoms with Gasteiger partial charge in [-0.1, -0.05) is 11.6 Å². The minimum Gasteiger partial charge on any atom is -0.419 e. The predicted molar refractivity (Wildman–Crippen MR) is 128 cm³/mol. The number of carbonyl (C=O) groups is 2. The molecule has 180 valence electrons. The predicted octanol–water partition coefficient (Wildman–Crippen LogP) is 3.27. The molecule has 3 heterocycles. The average Bonchev–Trinajstić information content (AvgIpc) is 3.40. The van der Waals surface area contributed by atoms with Crippen molar-refractivity contribution in [3.63, 3.8) is 0 Å². The molecule has 2 amide bonds. The molecule has 1 fully saturated rings. The Bertz CT molecular complexity index is 1420. The number of rotatable bonds is 8. The molecule has 2 N–H and O–H groups in total. The molecular weight excluding hydrogens is 470 g/mol. The van der Waals surface area contributed by atoms with Crippen molar-refractivity contribution in [1.82, 2.24) is 29.7 Å². The topological polar surface area (TPSA) is 133 Å². The zero-order chi connectivity index (χ0) is 24.7. The van der Waals surface area contributed by atoms with Crippen molar-refractivity contribution >= 4 is 29.1 Å². The smallest absolute Gasteiger partial charge is 0.254 e. The number of carbonyl (C=O) groups excluding carboxylic acids is 2. The van der Waals surface area contributed by atoms with Crippen molar-refractivity contribution in [2.45, 2.75) is 52.1 Å². The van der Waals surface area contributed by atoms with Crippen LogP contribution in [0.25, 0.3) is 17.1 Å². The van der Waals surface area contributed by atoms with E-state index in [0.717, 1.165) is 35.4 Å². The van der Waals surface area contributed by atoms with Gasteiger partial charge < -0.3 is 15.1 Å². The second-order valence-electron chi connectivity index (χ2n) is 8.68. The monoisotopic (exact) mass is 493 g/mol. The van der Waals surface area contributed by atoms with Crippen LogP contribution >= 0.6 is 11.6 Å². The molecule has 0 spiro atoms. The highest BCUT2D eigenvalue weighted by Gasteiger charge is 2.33. The van der Waals surface area contributed by atoms with E-state index in [1.54, 1.807) is 16.6 Å². The fourth-order valence-corrected chi connectivity index (χ4v) is 4.33.